The van der Waals surface area contributed by atoms with Gasteiger partial charge >= 0.3 is 0 Å². The van der Waals surface area contributed by atoms with E-state index >= 15 is 0 Å². The number of hydrogen-bond donors (Lipinski definition) is 1. The zero-order valence-electron chi connectivity index (χ0n) is 13.1. The number of anilines is 1. The van der Waals surface area contributed by atoms with Gasteiger partial charge in [0, 0.05) is 18.9 Å². The van der Waals surface area contributed by atoms with Crippen molar-refractivity contribution in [1.82, 2.24) is 9.55 Å². The van der Waals surface area contributed by atoms with Crippen molar-refractivity contribution in [3.63, 3.8) is 0 Å². The molecule has 1 N–H and O–H groups in total. The molecule has 122 valence electrons. The molecule has 0 aliphatic rings. The number of benzene rings is 2. The van der Waals surface area contributed by atoms with Crippen LogP contribution < -0.4 is 15.6 Å². The number of methoxy groups -OCH3 is 1. The zero-order valence-corrected chi connectivity index (χ0v) is 13.1. The molecule has 0 fully saturated rings. The van der Waals surface area contributed by atoms with Crippen LogP contribution in [0.3, 0.4) is 0 Å². The molecule has 0 atom stereocenters. The average Bonchev–Trinajstić information content (AvgIpc) is 2.61. The highest BCUT2D eigenvalue weighted by Gasteiger charge is 2.07. The van der Waals surface area contributed by atoms with Gasteiger partial charge in [0.25, 0.3) is 5.56 Å². The smallest absolute Gasteiger partial charge is 0.297 e. The van der Waals surface area contributed by atoms with Gasteiger partial charge in [-0.25, -0.2) is 9.37 Å². The van der Waals surface area contributed by atoms with Gasteiger partial charge in [-0.15, -0.1) is 0 Å². The van der Waals surface area contributed by atoms with Gasteiger partial charge < -0.3 is 10.1 Å². The number of ether oxygens (including phenoxy) is 1. The minimum absolute atomic E-state index is 0.206. The molecule has 0 radical (unpaired) electrons. The zero-order chi connectivity index (χ0) is 16.9. The Balaban J connectivity index is 1.81. The normalized spacial score (nSPS) is 10.4. The standard InChI is InChI=1S/C18H16FN3O2/c1-24-16-7-5-13(6-8-16)12-21-17-18(23)22(10-9-20-17)15-4-2-3-14(19)11-15/h2-11H,12H2,1H3,(H,20,21). The third-order valence-corrected chi connectivity index (χ3v) is 3.55. The molecule has 6 heteroatoms. The van der Waals surface area contributed by atoms with E-state index in [9.17, 15) is 9.18 Å². The second kappa shape index (κ2) is 6.95. The lowest BCUT2D eigenvalue weighted by atomic mass is 10.2. The lowest BCUT2D eigenvalue weighted by Gasteiger charge is -2.09. The molecule has 0 aliphatic heterocycles. The Morgan fingerprint density at radius 3 is 2.71 bits per heavy atom. The first-order valence-corrected chi connectivity index (χ1v) is 7.38. The number of rotatable bonds is 5. The Bertz CT molecular complexity index is 891. The van der Waals surface area contributed by atoms with Gasteiger partial charge in [0.1, 0.15) is 11.6 Å². The Hall–Kier alpha value is -3.15. The van der Waals surface area contributed by atoms with Gasteiger partial charge in [-0.2, -0.15) is 0 Å². The van der Waals surface area contributed by atoms with E-state index in [4.69, 9.17) is 4.74 Å². The highest BCUT2D eigenvalue weighted by atomic mass is 19.1. The molecule has 0 spiro atoms. The van der Waals surface area contributed by atoms with Crippen molar-refractivity contribution in [3.8, 4) is 11.4 Å². The molecule has 5 nitrogen and oxygen atoms in total. The predicted octanol–water partition coefficient (Wildman–Crippen LogP) is 2.99. The summed E-state index contributed by atoms with van der Waals surface area (Å²) in [5.41, 5.74) is 1.10. The predicted molar refractivity (Wildman–Crippen MR) is 90.1 cm³/mol. The van der Waals surface area contributed by atoms with Crippen molar-refractivity contribution in [2.75, 3.05) is 12.4 Å². The summed E-state index contributed by atoms with van der Waals surface area (Å²) < 4.78 is 19.8. The van der Waals surface area contributed by atoms with Crippen LogP contribution in [0.5, 0.6) is 5.75 Å². The Labute approximate surface area is 138 Å². The third-order valence-electron chi connectivity index (χ3n) is 3.55. The minimum Gasteiger partial charge on any atom is -0.497 e. The number of hydrogen-bond acceptors (Lipinski definition) is 4. The summed E-state index contributed by atoms with van der Waals surface area (Å²) in [4.78, 5) is 16.6. The summed E-state index contributed by atoms with van der Waals surface area (Å²) >= 11 is 0. The molecular formula is C18H16FN3O2. The van der Waals surface area contributed by atoms with E-state index < -0.39 is 5.82 Å². The molecule has 2 aromatic carbocycles. The third kappa shape index (κ3) is 3.43. The van der Waals surface area contributed by atoms with E-state index in [1.807, 2.05) is 24.3 Å². The largest absolute Gasteiger partial charge is 0.497 e. The molecule has 3 rings (SSSR count). The maximum absolute atomic E-state index is 13.4. The first-order chi connectivity index (χ1) is 11.7. The summed E-state index contributed by atoms with van der Waals surface area (Å²) in [5, 5.41) is 3.01. The maximum atomic E-state index is 13.4. The van der Waals surface area contributed by atoms with Gasteiger partial charge in [0.05, 0.1) is 12.8 Å². The van der Waals surface area contributed by atoms with Crippen molar-refractivity contribution in [2.45, 2.75) is 6.54 Å². The SMILES string of the molecule is COc1ccc(CNc2nccn(-c3cccc(F)c3)c2=O)cc1. The van der Waals surface area contributed by atoms with E-state index in [1.165, 1.54) is 29.1 Å². The molecular weight excluding hydrogens is 309 g/mol. The van der Waals surface area contributed by atoms with E-state index in [-0.39, 0.29) is 11.4 Å². The van der Waals surface area contributed by atoms with Crippen LogP contribution in [0.15, 0.2) is 65.7 Å². The van der Waals surface area contributed by atoms with Crippen molar-refractivity contribution in [3.05, 3.63) is 82.7 Å². The summed E-state index contributed by atoms with van der Waals surface area (Å²) in [7, 11) is 1.61. The van der Waals surface area contributed by atoms with E-state index in [1.54, 1.807) is 19.2 Å². The highest BCUT2D eigenvalue weighted by Crippen LogP contribution is 2.12. The number of nitrogens with zero attached hydrogens (tertiary/aromatic N) is 2. The monoisotopic (exact) mass is 325 g/mol. The topological polar surface area (TPSA) is 56.1 Å². The molecule has 0 amide bonds. The van der Waals surface area contributed by atoms with Gasteiger partial charge in [0.2, 0.25) is 0 Å². The number of nitrogens with one attached hydrogen (secondary N) is 1. The van der Waals surface area contributed by atoms with Crippen molar-refractivity contribution < 1.29 is 9.13 Å². The average molecular weight is 325 g/mol. The van der Waals surface area contributed by atoms with Crippen molar-refractivity contribution >= 4 is 5.82 Å². The Morgan fingerprint density at radius 2 is 2.00 bits per heavy atom. The highest BCUT2D eigenvalue weighted by molar-refractivity contribution is 5.39. The van der Waals surface area contributed by atoms with Crippen LogP contribution in [0.4, 0.5) is 10.2 Å². The van der Waals surface area contributed by atoms with Crippen LogP contribution >= 0.6 is 0 Å². The quantitative estimate of drug-likeness (QED) is 0.783. The van der Waals surface area contributed by atoms with Crippen molar-refractivity contribution in [2.24, 2.45) is 0 Å². The number of aromatic nitrogens is 2. The van der Waals surface area contributed by atoms with Crippen LogP contribution in [0.1, 0.15) is 5.56 Å². The van der Waals surface area contributed by atoms with Gasteiger partial charge in [-0.3, -0.25) is 9.36 Å². The molecule has 1 aromatic heterocycles. The van der Waals surface area contributed by atoms with Crippen LogP contribution in [-0.2, 0) is 6.54 Å². The fourth-order valence-corrected chi connectivity index (χ4v) is 2.29. The molecule has 24 heavy (non-hydrogen) atoms. The van der Waals surface area contributed by atoms with E-state index in [0.29, 0.717) is 12.2 Å². The number of halogens is 1. The molecule has 0 unspecified atom stereocenters. The lowest BCUT2D eigenvalue weighted by molar-refractivity contribution is 0.414. The Morgan fingerprint density at radius 1 is 1.21 bits per heavy atom. The van der Waals surface area contributed by atoms with Gasteiger partial charge in [0.15, 0.2) is 5.82 Å². The lowest BCUT2D eigenvalue weighted by Crippen LogP contribution is -2.23. The molecule has 0 bridgehead atoms. The van der Waals surface area contributed by atoms with Crippen LogP contribution in [0.25, 0.3) is 5.69 Å². The summed E-state index contributed by atoms with van der Waals surface area (Å²) in [5.74, 6) is 0.576. The minimum atomic E-state index is -0.399. The summed E-state index contributed by atoms with van der Waals surface area (Å²) in [6.07, 6.45) is 3.01. The fourth-order valence-electron chi connectivity index (χ4n) is 2.29. The van der Waals surface area contributed by atoms with Gasteiger partial charge in [-0.05, 0) is 35.9 Å². The van der Waals surface area contributed by atoms with Crippen LogP contribution in [0.2, 0.25) is 0 Å². The van der Waals surface area contributed by atoms with Gasteiger partial charge in [-0.1, -0.05) is 18.2 Å². The fraction of sp³-hybridized carbons (Fsp3) is 0.111. The molecule has 0 aliphatic carbocycles. The molecule has 0 saturated heterocycles. The second-order valence-electron chi connectivity index (χ2n) is 5.13. The molecule has 3 aromatic rings. The van der Waals surface area contributed by atoms with Crippen molar-refractivity contribution in [1.29, 1.82) is 0 Å². The molecule has 1 heterocycles. The second-order valence-corrected chi connectivity index (χ2v) is 5.13. The van der Waals surface area contributed by atoms with Crippen LogP contribution in [-0.4, -0.2) is 16.7 Å². The van der Waals surface area contributed by atoms with Crippen LogP contribution in [0, 0.1) is 5.82 Å². The van der Waals surface area contributed by atoms with E-state index in [2.05, 4.69) is 10.3 Å². The first kappa shape index (κ1) is 15.7. The molecule has 0 saturated carbocycles. The summed E-state index contributed by atoms with van der Waals surface area (Å²) in [6, 6.07) is 13.4. The maximum Gasteiger partial charge on any atom is 0.297 e. The summed E-state index contributed by atoms with van der Waals surface area (Å²) in [6.45, 7) is 0.444. The first-order valence-electron chi connectivity index (χ1n) is 7.38. The Kier molecular flexibility index (Phi) is 4.56. The van der Waals surface area contributed by atoms with E-state index in [0.717, 1.165) is 11.3 Å².